The van der Waals surface area contributed by atoms with Crippen LogP contribution in [-0.2, 0) is 9.59 Å². The lowest BCUT2D eigenvalue weighted by Gasteiger charge is -2.34. The van der Waals surface area contributed by atoms with Gasteiger partial charge in [-0.1, -0.05) is 13.8 Å². The van der Waals surface area contributed by atoms with E-state index in [1.165, 1.54) is 0 Å². The van der Waals surface area contributed by atoms with Crippen molar-refractivity contribution in [2.24, 2.45) is 11.7 Å². The van der Waals surface area contributed by atoms with Gasteiger partial charge in [0.1, 0.15) is 11.7 Å². The standard InChI is InChI=1S/C10H19N3O2/c1-6(2)8-9(15)12-10(3,4)13(8)7(14)5-11/h6,8H,5,11H2,1-4H3,(H,12,15). The van der Waals surface area contributed by atoms with Gasteiger partial charge in [0.15, 0.2) is 0 Å². The zero-order valence-electron chi connectivity index (χ0n) is 9.70. The summed E-state index contributed by atoms with van der Waals surface area (Å²) in [5.74, 6) is -0.212. The van der Waals surface area contributed by atoms with Crippen LogP contribution >= 0.6 is 0 Å². The summed E-state index contributed by atoms with van der Waals surface area (Å²) in [4.78, 5) is 25.0. The fourth-order valence-corrected chi connectivity index (χ4v) is 2.07. The average Bonchev–Trinajstić information content (AvgIpc) is 2.34. The largest absolute Gasteiger partial charge is 0.332 e. The van der Waals surface area contributed by atoms with Crippen molar-refractivity contribution in [1.29, 1.82) is 0 Å². The highest BCUT2D eigenvalue weighted by Crippen LogP contribution is 2.26. The SMILES string of the molecule is CC(C)C1C(=O)NC(C)(C)N1C(=O)CN. The molecule has 0 aromatic carbocycles. The van der Waals surface area contributed by atoms with Crippen LogP contribution in [0.2, 0.25) is 0 Å². The van der Waals surface area contributed by atoms with Gasteiger partial charge in [-0.3, -0.25) is 9.59 Å². The van der Waals surface area contributed by atoms with Crippen molar-refractivity contribution in [2.75, 3.05) is 6.54 Å². The molecule has 0 aromatic rings. The van der Waals surface area contributed by atoms with Crippen molar-refractivity contribution >= 4 is 11.8 Å². The second-order valence-corrected chi connectivity index (χ2v) is 4.70. The van der Waals surface area contributed by atoms with Crippen molar-refractivity contribution in [3.05, 3.63) is 0 Å². The summed E-state index contributed by atoms with van der Waals surface area (Å²) >= 11 is 0. The Morgan fingerprint density at radius 2 is 2.13 bits per heavy atom. The lowest BCUT2D eigenvalue weighted by molar-refractivity contribution is -0.138. The van der Waals surface area contributed by atoms with Crippen molar-refractivity contribution in [3.8, 4) is 0 Å². The molecular weight excluding hydrogens is 194 g/mol. The van der Waals surface area contributed by atoms with Gasteiger partial charge in [0.25, 0.3) is 0 Å². The van der Waals surface area contributed by atoms with Crippen molar-refractivity contribution in [1.82, 2.24) is 10.2 Å². The number of nitrogens with one attached hydrogen (secondary N) is 1. The van der Waals surface area contributed by atoms with E-state index in [2.05, 4.69) is 5.32 Å². The molecule has 0 radical (unpaired) electrons. The number of rotatable bonds is 2. The summed E-state index contributed by atoms with van der Waals surface area (Å²) < 4.78 is 0. The minimum absolute atomic E-state index is 0.0678. The topological polar surface area (TPSA) is 75.4 Å². The summed E-state index contributed by atoms with van der Waals surface area (Å²) in [7, 11) is 0. The van der Waals surface area contributed by atoms with Gasteiger partial charge >= 0.3 is 0 Å². The van der Waals surface area contributed by atoms with Crippen LogP contribution in [0.4, 0.5) is 0 Å². The molecular formula is C10H19N3O2. The monoisotopic (exact) mass is 213 g/mol. The Balaban J connectivity index is 3.04. The Morgan fingerprint density at radius 3 is 2.53 bits per heavy atom. The summed E-state index contributed by atoms with van der Waals surface area (Å²) in [6.07, 6.45) is 0. The van der Waals surface area contributed by atoms with Gasteiger partial charge in [0.2, 0.25) is 11.8 Å². The maximum absolute atomic E-state index is 11.7. The molecule has 0 spiro atoms. The normalized spacial score (nSPS) is 24.5. The fraction of sp³-hybridized carbons (Fsp3) is 0.800. The van der Waals surface area contributed by atoms with E-state index >= 15 is 0 Å². The van der Waals surface area contributed by atoms with Crippen LogP contribution in [0, 0.1) is 5.92 Å². The smallest absolute Gasteiger partial charge is 0.244 e. The number of nitrogens with two attached hydrogens (primary N) is 1. The molecule has 15 heavy (non-hydrogen) atoms. The lowest BCUT2D eigenvalue weighted by atomic mass is 10.0. The summed E-state index contributed by atoms with van der Waals surface area (Å²) in [6, 6.07) is -0.406. The predicted molar refractivity (Wildman–Crippen MR) is 56.7 cm³/mol. The minimum Gasteiger partial charge on any atom is -0.332 e. The zero-order chi connectivity index (χ0) is 11.8. The highest BCUT2D eigenvalue weighted by molar-refractivity contribution is 5.92. The maximum Gasteiger partial charge on any atom is 0.244 e. The van der Waals surface area contributed by atoms with E-state index in [0.717, 1.165) is 0 Å². The van der Waals surface area contributed by atoms with Gasteiger partial charge in [0, 0.05) is 0 Å². The molecule has 1 rings (SSSR count). The second kappa shape index (κ2) is 3.81. The third-order valence-electron chi connectivity index (χ3n) is 2.65. The van der Waals surface area contributed by atoms with Crippen LogP contribution in [0.15, 0.2) is 0 Å². The molecule has 1 saturated heterocycles. The number of nitrogens with zero attached hydrogens (tertiary/aromatic N) is 1. The molecule has 1 fully saturated rings. The second-order valence-electron chi connectivity index (χ2n) is 4.70. The van der Waals surface area contributed by atoms with Crippen molar-refractivity contribution < 1.29 is 9.59 Å². The third kappa shape index (κ3) is 1.97. The van der Waals surface area contributed by atoms with Crippen LogP contribution in [0.3, 0.4) is 0 Å². The number of amides is 2. The minimum atomic E-state index is -0.636. The molecule has 5 nitrogen and oxygen atoms in total. The molecule has 0 aliphatic carbocycles. The molecule has 0 aromatic heterocycles. The summed E-state index contributed by atoms with van der Waals surface area (Å²) in [6.45, 7) is 7.38. The zero-order valence-corrected chi connectivity index (χ0v) is 9.70. The summed E-state index contributed by atoms with van der Waals surface area (Å²) in [5, 5.41) is 2.80. The first-order valence-electron chi connectivity index (χ1n) is 5.15. The highest BCUT2D eigenvalue weighted by atomic mass is 16.2. The molecule has 1 atom stereocenters. The molecule has 1 heterocycles. The molecule has 0 saturated carbocycles. The van der Waals surface area contributed by atoms with Crippen LogP contribution in [0.25, 0.3) is 0 Å². The van der Waals surface area contributed by atoms with Crippen LogP contribution in [-0.4, -0.2) is 35.0 Å². The number of hydrogen-bond donors (Lipinski definition) is 2. The molecule has 2 amide bonds. The fourth-order valence-electron chi connectivity index (χ4n) is 2.07. The molecule has 5 heteroatoms. The van der Waals surface area contributed by atoms with Crippen molar-refractivity contribution in [2.45, 2.75) is 39.4 Å². The average molecular weight is 213 g/mol. The number of carbonyl (C=O) groups is 2. The third-order valence-corrected chi connectivity index (χ3v) is 2.65. The van der Waals surface area contributed by atoms with Gasteiger partial charge in [-0.25, -0.2) is 0 Å². The van der Waals surface area contributed by atoms with Gasteiger partial charge in [-0.2, -0.15) is 0 Å². The van der Waals surface area contributed by atoms with Crippen molar-refractivity contribution in [3.63, 3.8) is 0 Å². The van der Waals surface area contributed by atoms with Gasteiger partial charge < -0.3 is 16.0 Å². The Labute approximate surface area is 90.0 Å². The van der Waals surface area contributed by atoms with E-state index in [9.17, 15) is 9.59 Å². The van der Waals surface area contributed by atoms with E-state index < -0.39 is 11.7 Å². The first kappa shape index (κ1) is 12.0. The molecule has 3 N–H and O–H groups in total. The predicted octanol–water partition coefficient (Wildman–Crippen LogP) is -0.336. The Kier molecular flexibility index (Phi) is 3.04. The lowest BCUT2D eigenvalue weighted by Crippen LogP contribution is -2.54. The van der Waals surface area contributed by atoms with E-state index in [1.807, 2.05) is 13.8 Å². The molecule has 0 bridgehead atoms. The molecule has 86 valence electrons. The number of carbonyl (C=O) groups excluding carboxylic acids is 2. The van der Waals surface area contributed by atoms with Gasteiger partial charge in [0.05, 0.1) is 6.54 Å². The molecule has 1 unspecified atom stereocenters. The van der Waals surface area contributed by atoms with E-state index in [1.54, 1.807) is 18.7 Å². The first-order chi connectivity index (χ1) is 6.81. The first-order valence-corrected chi connectivity index (χ1v) is 5.15. The Hall–Kier alpha value is -1.10. The van der Waals surface area contributed by atoms with Crippen LogP contribution < -0.4 is 11.1 Å². The quantitative estimate of drug-likeness (QED) is 0.659. The Bertz CT molecular complexity index is 286. The van der Waals surface area contributed by atoms with E-state index in [4.69, 9.17) is 5.73 Å². The maximum atomic E-state index is 11.7. The number of hydrogen-bond acceptors (Lipinski definition) is 3. The van der Waals surface area contributed by atoms with Crippen LogP contribution in [0.1, 0.15) is 27.7 Å². The summed E-state index contributed by atoms with van der Waals surface area (Å²) in [5.41, 5.74) is 4.71. The van der Waals surface area contributed by atoms with Gasteiger partial charge in [-0.05, 0) is 19.8 Å². The molecule has 1 aliphatic rings. The van der Waals surface area contributed by atoms with E-state index in [-0.39, 0.29) is 24.3 Å². The van der Waals surface area contributed by atoms with Crippen LogP contribution in [0.5, 0.6) is 0 Å². The Morgan fingerprint density at radius 1 is 1.60 bits per heavy atom. The highest BCUT2D eigenvalue weighted by Gasteiger charge is 2.48. The molecule has 1 aliphatic heterocycles. The van der Waals surface area contributed by atoms with Gasteiger partial charge in [-0.15, -0.1) is 0 Å². The van der Waals surface area contributed by atoms with E-state index in [0.29, 0.717) is 0 Å².